The van der Waals surface area contributed by atoms with Gasteiger partial charge < -0.3 is 10.0 Å². The van der Waals surface area contributed by atoms with Crippen LogP contribution >= 0.6 is 11.6 Å². The van der Waals surface area contributed by atoms with Crippen molar-refractivity contribution in [1.82, 2.24) is 4.90 Å². The molecule has 0 saturated carbocycles. The van der Waals surface area contributed by atoms with Crippen molar-refractivity contribution in [3.05, 3.63) is 34.9 Å². The Kier molecular flexibility index (Phi) is 3.35. The van der Waals surface area contributed by atoms with E-state index < -0.39 is 5.60 Å². The average molecular weight is 266 g/mol. The average Bonchev–Trinajstić information content (AvgIpc) is 2.75. The summed E-state index contributed by atoms with van der Waals surface area (Å²) in [5, 5.41) is 11.6. The van der Waals surface area contributed by atoms with E-state index in [9.17, 15) is 5.11 Å². The molecule has 0 aromatic heterocycles. The maximum atomic E-state index is 10.8. The number of nitrogens with zero attached hydrogens (tertiary/aromatic N) is 1. The molecule has 3 rings (SSSR count). The Labute approximate surface area is 114 Å². The van der Waals surface area contributed by atoms with Crippen molar-refractivity contribution in [2.24, 2.45) is 0 Å². The highest BCUT2D eigenvalue weighted by molar-refractivity contribution is 6.30. The third-order valence-corrected chi connectivity index (χ3v) is 4.64. The van der Waals surface area contributed by atoms with Gasteiger partial charge in [-0.1, -0.05) is 23.7 Å². The predicted molar refractivity (Wildman–Crippen MR) is 73.9 cm³/mol. The maximum absolute atomic E-state index is 10.8. The second-order valence-electron chi connectivity index (χ2n) is 5.82. The number of benzene rings is 1. The third-order valence-electron chi connectivity index (χ3n) is 4.40. The molecule has 0 spiro atoms. The monoisotopic (exact) mass is 265 g/mol. The molecular formula is C15H20ClNO. The fourth-order valence-electron chi connectivity index (χ4n) is 3.50. The van der Waals surface area contributed by atoms with Gasteiger partial charge in [0.15, 0.2) is 0 Å². The summed E-state index contributed by atoms with van der Waals surface area (Å²) in [6.07, 6.45) is 5.07. The molecule has 0 aliphatic carbocycles. The first-order valence-electron chi connectivity index (χ1n) is 6.86. The number of rotatable bonds is 2. The molecular weight excluding hydrogens is 246 g/mol. The summed E-state index contributed by atoms with van der Waals surface area (Å²) in [6.45, 7) is 2.26. The van der Waals surface area contributed by atoms with E-state index in [1.165, 1.54) is 19.4 Å². The Balaban J connectivity index is 1.71. The van der Waals surface area contributed by atoms with E-state index in [0.717, 1.165) is 36.4 Å². The Morgan fingerprint density at radius 1 is 1.39 bits per heavy atom. The molecule has 2 aliphatic heterocycles. The van der Waals surface area contributed by atoms with E-state index in [-0.39, 0.29) is 0 Å². The van der Waals surface area contributed by atoms with Crippen LogP contribution in [0.15, 0.2) is 24.3 Å². The van der Waals surface area contributed by atoms with Gasteiger partial charge in [-0.05, 0) is 49.9 Å². The van der Waals surface area contributed by atoms with Gasteiger partial charge in [-0.25, -0.2) is 0 Å². The number of halogens is 1. The van der Waals surface area contributed by atoms with Gasteiger partial charge in [0.2, 0.25) is 0 Å². The minimum absolute atomic E-state index is 0.532. The normalized spacial score (nSPS) is 32.4. The van der Waals surface area contributed by atoms with Crippen molar-refractivity contribution in [3.8, 4) is 0 Å². The minimum atomic E-state index is -0.532. The van der Waals surface area contributed by atoms with Gasteiger partial charge in [0, 0.05) is 24.0 Å². The summed E-state index contributed by atoms with van der Waals surface area (Å²) in [6, 6.07) is 8.48. The highest BCUT2D eigenvalue weighted by Gasteiger charge is 2.39. The molecule has 18 heavy (non-hydrogen) atoms. The lowest BCUT2D eigenvalue weighted by Gasteiger charge is -2.41. The van der Waals surface area contributed by atoms with Gasteiger partial charge in [0.1, 0.15) is 0 Å². The molecule has 2 unspecified atom stereocenters. The SMILES string of the molecule is OC1(Cc2cccc(Cl)c2)CCN2CCCC2C1. The highest BCUT2D eigenvalue weighted by Crippen LogP contribution is 2.35. The zero-order chi connectivity index (χ0) is 12.6. The first kappa shape index (κ1) is 12.5. The van der Waals surface area contributed by atoms with Crippen LogP contribution in [0.3, 0.4) is 0 Å². The summed E-state index contributed by atoms with van der Waals surface area (Å²) in [5.74, 6) is 0. The summed E-state index contributed by atoms with van der Waals surface area (Å²) < 4.78 is 0. The fourth-order valence-corrected chi connectivity index (χ4v) is 3.71. The van der Waals surface area contributed by atoms with Gasteiger partial charge in [-0.2, -0.15) is 0 Å². The number of piperidine rings is 1. The van der Waals surface area contributed by atoms with Crippen LogP contribution in [0.5, 0.6) is 0 Å². The van der Waals surface area contributed by atoms with Crippen LogP contribution in [0, 0.1) is 0 Å². The van der Waals surface area contributed by atoms with Crippen LogP contribution in [0.2, 0.25) is 5.02 Å². The van der Waals surface area contributed by atoms with E-state index in [2.05, 4.69) is 11.0 Å². The molecule has 1 N–H and O–H groups in total. The summed E-state index contributed by atoms with van der Waals surface area (Å²) in [7, 11) is 0. The molecule has 1 aromatic carbocycles. The molecule has 0 radical (unpaired) electrons. The lowest BCUT2D eigenvalue weighted by Crippen LogP contribution is -2.48. The van der Waals surface area contributed by atoms with E-state index in [0.29, 0.717) is 6.04 Å². The molecule has 3 heteroatoms. The van der Waals surface area contributed by atoms with Crippen molar-refractivity contribution >= 4 is 11.6 Å². The van der Waals surface area contributed by atoms with Gasteiger partial charge in [0.25, 0.3) is 0 Å². The van der Waals surface area contributed by atoms with Crippen molar-refractivity contribution in [3.63, 3.8) is 0 Å². The van der Waals surface area contributed by atoms with E-state index in [1.54, 1.807) is 0 Å². The van der Waals surface area contributed by atoms with Crippen LogP contribution in [-0.2, 0) is 6.42 Å². The van der Waals surface area contributed by atoms with Crippen LogP contribution in [0.1, 0.15) is 31.2 Å². The lowest BCUT2D eigenvalue weighted by atomic mass is 9.82. The first-order chi connectivity index (χ1) is 8.65. The van der Waals surface area contributed by atoms with Crippen LogP contribution in [0.4, 0.5) is 0 Å². The lowest BCUT2D eigenvalue weighted by molar-refractivity contribution is -0.0353. The Bertz CT molecular complexity index is 436. The van der Waals surface area contributed by atoms with Crippen molar-refractivity contribution < 1.29 is 5.11 Å². The summed E-state index contributed by atoms with van der Waals surface area (Å²) in [5.41, 5.74) is 0.618. The molecule has 0 amide bonds. The Morgan fingerprint density at radius 2 is 2.28 bits per heavy atom. The van der Waals surface area contributed by atoms with E-state index in [1.807, 2.05) is 18.2 Å². The van der Waals surface area contributed by atoms with Gasteiger partial charge in [-0.15, -0.1) is 0 Å². The molecule has 0 bridgehead atoms. The Hall–Kier alpha value is -0.570. The van der Waals surface area contributed by atoms with E-state index in [4.69, 9.17) is 11.6 Å². The molecule has 2 fully saturated rings. The molecule has 2 nitrogen and oxygen atoms in total. The van der Waals surface area contributed by atoms with Crippen molar-refractivity contribution in [2.45, 2.75) is 43.7 Å². The molecule has 2 aliphatic rings. The van der Waals surface area contributed by atoms with Gasteiger partial charge in [-0.3, -0.25) is 0 Å². The zero-order valence-electron chi connectivity index (χ0n) is 10.6. The minimum Gasteiger partial charge on any atom is -0.389 e. The number of fused-ring (bicyclic) bond motifs is 1. The topological polar surface area (TPSA) is 23.5 Å². The van der Waals surface area contributed by atoms with E-state index >= 15 is 0 Å². The standard InChI is InChI=1S/C15H20ClNO/c16-13-4-1-3-12(9-13)10-15(18)6-8-17-7-2-5-14(17)11-15/h1,3-4,9,14,18H,2,5-8,10-11H2. The highest BCUT2D eigenvalue weighted by atomic mass is 35.5. The summed E-state index contributed by atoms with van der Waals surface area (Å²) in [4.78, 5) is 2.53. The quantitative estimate of drug-likeness (QED) is 0.889. The maximum Gasteiger partial charge on any atom is 0.0715 e. The number of aliphatic hydroxyl groups is 1. The predicted octanol–water partition coefficient (Wildman–Crippen LogP) is 2.87. The van der Waals surface area contributed by atoms with Crippen molar-refractivity contribution in [1.29, 1.82) is 0 Å². The summed E-state index contributed by atoms with van der Waals surface area (Å²) >= 11 is 6.01. The number of hydrogen-bond donors (Lipinski definition) is 1. The van der Waals surface area contributed by atoms with Crippen LogP contribution in [0.25, 0.3) is 0 Å². The number of hydrogen-bond acceptors (Lipinski definition) is 2. The Morgan fingerprint density at radius 3 is 3.11 bits per heavy atom. The zero-order valence-corrected chi connectivity index (χ0v) is 11.4. The van der Waals surface area contributed by atoms with Crippen LogP contribution < -0.4 is 0 Å². The first-order valence-corrected chi connectivity index (χ1v) is 7.23. The third kappa shape index (κ3) is 2.56. The van der Waals surface area contributed by atoms with Crippen LogP contribution in [-0.4, -0.2) is 34.7 Å². The molecule has 98 valence electrons. The van der Waals surface area contributed by atoms with Gasteiger partial charge >= 0.3 is 0 Å². The molecule has 1 aromatic rings. The molecule has 2 saturated heterocycles. The smallest absolute Gasteiger partial charge is 0.0715 e. The fraction of sp³-hybridized carbons (Fsp3) is 0.600. The second kappa shape index (κ2) is 4.84. The largest absolute Gasteiger partial charge is 0.389 e. The van der Waals surface area contributed by atoms with Gasteiger partial charge in [0.05, 0.1) is 5.60 Å². The molecule has 2 atom stereocenters. The molecule has 2 heterocycles. The van der Waals surface area contributed by atoms with Crippen molar-refractivity contribution in [2.75, 3.05) is 13.1 Å². The second-order valence-corrected chi connectivity index (χ2v) is 6.25.